The highest BCUT2D eigenvalue weighted by molar-refractivity contribution is 8.27. The number of anilines is 1. The smallest absolute Gasteiger partial charge is 0.268 e. The van der Waals surface area contributed by atoms with Crippen molar-refractivity contribution in [3.8, 4) is 0 Å². The van der Waals surface area contributed by atoms with E-state index in [-0.39, 0.29) is 5.91 Å². The third kappa shape index (κ3) is 3.38. The molecular formula is C18H13Cl2NOS2. The molecule has 1 aliphatic heterocycles. The molecule has 2 aromatic carbocycles. The third-order valence-corrected chi connectivity index (χ3v) is 5.67. The van der Waals surface area contributed by atoms with Gasteiger partial charge in [-0.1, -0.05) is 70.9 Å². The minimum atomic E-state index is -0.122. The number of amides is 1. The molecule has 0 spiro atoms. The van der Waals surface area contributed by atoms with Gasteiger partial charge in [0.15, 0.2) is 4.32 Å². The van der Waals surface area contributed by atoms with Crippen LogP contribution >= 0.6 is 47.2 Å². The van der Waals surface area contributed by atoms with Gasteiger partial charge in [0.25, 0.3) is 5.91 Å². The number of thiocarbonyl (C=S) groups is 1. The molecule has 0 bridgehead atoms. The zero-order chi connectivity index (χ0) is 17.4. The monoisotopic (exact) mass is 393 g/mol. The zero-order valence-corrected chi connectivity index (χ0v) is 16.1. The second-order valence-electron chi connectivity index (χ2n) is 5.48. The molecular weight excluding hydrogens is 381 g/mol. The summed E-state index contributed by atoms with van der Waals surface area (Å²) in [7, 11) is 0. The molecule has 1 amide bonds. The summed E-state index contributed by atoms with van der Waals surface area (Å²) in [5, 5.41) is 0.937. The Labute approximate surface area is 160 Å². The van der Waals surface area contributed by atoms with Gasteiger partial charge in [-0.05, 0) is 49.2 Å². The summed E-state index contributed by atoms with van der Waals surface area (Å²) in [6.45, 7) is 3.99. The van der Waals surface area contributed by atoms with E-state index in [2.05, 4.69) is 0 Å². The Morgan fingerprint density at radius 3 is 2.50 bits per heavy atom. The van der Waals surface area contributed by atoms with Crippen LogP contribution < -0.4 is 4.90 Å². The topological polar surface area (TPSA) is 20.3 Å². The second-order valence-corrected chi connectivity index (χ2v) is 7.97. The first-order valence-corrected chi connectivity index (χ1v) is 9.15. The van der Waals surface area contributed by atoms with E-state index >= 15 is 0 Å². The van der Waals surface area contributed by atoms with Crippen LogP contribution in [0.15, 0.2) is 41.3 Å². The zero-order valence-electron chi connectivity index (χ0n) is 13.0. The molecule has 0 aromatic heterocycles. The SMILES string of the molecule is Cc1ccc(N2C(=O)/C(=C/c3ccc(Cl)c(Cl)c3)SC2=S)c(C)c1. The van der Waals surface area contributed by atoms with E-state index < -0.39 is 0 Å². The quantitative estimate of drug-likeness (QED) is 0.459. The summed E-state index contributed by atoms with van der Waals surface area (Å²) in [5.41, 5.74) is 3.79. The van der Waals surface area contributed by atoms with Gasteiger partial charge in [0, 0.05) is 0 Å². The van der Waals surface area contributed by atoms with Crippen LogP contribution in [0.2, 0.25) is 10.0 Å². The fourth-order valence-corrected chi connectivity index (χ4v) is 4.08. The molecule has 24 heavy (non-hydrogen) atoms. The molecule has 1 saturated heterocycles. The summed E-state index contributed by atoms with van der Waals surface area (Å²) >= 11 is 18.7. The van der Waals surface area contributed by atoms with Gasteiger partial charge in [0.05, 0.1) is 20.6 Å². The van der Waals surface area contributed by atoms with Crippen molar-refractivity contribution in [3.63, 3.8) is 0 Å². The van der Waals surface area contributed by atoms with Crippen LogP contribution in [0.3, 0.4) is 0 Å². The molecule has 0 radical (unpaired) electrons. The Kier molecular flexibility index (Phi) is 5.02. The maximum absolute atomic E-state index is 12.8. The Balaban J connectivity index is 1.96. The van der Waals surface area contributed by atoms with Crippen molar-refractivity contribution in [3.05, 3.63) is 68.0 Å². The first-order valence-electron chi connectivity index (χ1n) is 7.17. The molecule has 0 unspecified atom stereocenters. The molecule has 2 nitrogen and oxygen atoms in total. The molecule has 122 valence electrons. The Bertz CT molecular complexity index is 893. The number of thioether (sulfide) groups is 1. The largest absolute Gasteiger partial charge is 0.270 e. The number of carbonyl (C=O) groups excluding carboxylic acids is 1. The maximum atomic E-state index is 12.8. The lowest BCUT2D eigenvalue weighted by atomic mass is 10.1. The molecule has 3 rings (SSSR count). The highest BCUT2D eigenvalue weighted by atomic mass is 35.5. The summed E-state index contributed by atoms with van der Waals surface area (Å²) in [5.74, 6) is -0.122. The van der Waals surface area contributed by atoms with Gasteiger partial charge in [-0.2, -0.15) is 0 Å². The lowest BCUT2D eigenvalue weighted by molar-refractivity contribution is -0.113. The Morgan fingerprint density at radius 2 is 1.83 bits per heavy atom. The molecule has 0 atom stereocenters. The van der Waals surface area contributed by atoms with Gasteiger partial charge in [-0.25, -0.2) is 0 Å². The number of hydrogen-bond acceptors (Lipinski definition) is 3. The average molecular weight is 394 g/mol. The van der Waals surface area contributed by atoms with E-state index in [1.165, 1.54) is 11.8 Å². The standard InChI is InChI=1S/C18H13Cl2NOS2/c1-10-3-6-15(11(2)7-10)21-17(22)16(24-18(21)23)9-12-4-5-13(19)14(20)8-12/h3-9H,1-2H3/b16-9-. The molecule has 1 heterocycles. The van der Waals surface area contributed by atoms with Crippen LogP contribution in [0.1, 0.15) is 16.7 Å². The summed E-state index contributed by atoms with van der Waals surface area (Å²) in [4.78, 5) is 14.9. The Hall–Kier alpha value is -1.33. The maximum Gasteiger partial charge on any atom is 0.270 e. The average Bonchev–Trinajstić information content (AvgIpc) is 2.78. The molecule has 6 heteroatoms. The van der Waals surface area contributed by atoms with Gasteiger partial charge in [-0.15, -0.1) is 0 Å². The molecule has 1 aliphatic rings. The summed E-state index contributed by atoms with van der Waals surface area (Å²) < 4.78 is 0.526. The number of aryl methyl sites for hydroxylation is 2. The predicted molar refractivity (Wildman–Crippen MR) is 108 cm³/mol. The van der Waals surface area contributed by atoms with Crippen molar-refractivity contribution in [2.75, 3.05) is 4.90 Å². The lowest BCUT2D eigenvalue weighted by Gasteiger charge is -2.17. The van der Waals surface area contributed by atoms with E-state index in [1.807, 2.05) is 38.1 Å². The Morgan fingerprint density at radius 1 is 1.08 bits per heavy atom. The van der Waals surface area contributed by atoms with Gasteiger partial charge in [0.2, 0.25) is 0 Å². The van der Waals surface area contributed by atoms with Gasteiger partial charge in [-0.3, -0.25) is 9.69 Å². The van der Waals surface area contributed by atoms with Crippen LogP contribution in [-0.2, 0) is 4.79 Å². The fraction of sp³-hybridized carbons (Fsp3) is 0.111. The molecule has 0 aliphatic carbocycles. The van der Waals surface area contributed by atoms with Crippen molar-refractivity contribution in [1.29, 1.82) is 0 Å². The number of hydrogen-bond donors (Lipinski definition) is 0. The van der Waals surface area contributed by atoms with E-state index in [9.17, 15) is 4.79 Å². The number of halogens is 2. The first kappa shape index (κ1) is 17.5. The highest BCUT2D eigenvalue weighted by Crippen LogP contribution is 2.37. The molecule has 1 fully saturated rings. The minimum absolute atomic E-state index is 0.122. The molecule has 2 aromatic rings. The van der Waals surface area contributed by atoms with Crippen molar-refractivity contribution >= 4 is 69.2 Å². The minimum Gasteiger partial charge on any atom is -0.268 e. The summed E-state index contributed by atoms with van der Waals surface area (Å²) in [6.07, 6.45) is 1.78. The van der Waals surface area contributed by atoms with E-state index in [4.69, 9.17) is 35.4 Å². The van der Waals surface area contributed by atoms with Crippen molar-refractivity contribution in [2.24, 2.45) is 0 Å². The second kappa shape index (κ2) is 6.89. The van der Waals surface area contributed by atoms with E-state index in [0.29, 0.717) is 19.3 Å². The highest BCUT2D eigenvalue weighted by Gasteiger charge is 2.34. The molecule has 0 N–H and O–H groups in total. The van der Waals surface area contributed by atoms with Gasteiger partial charge < -0.3 is 0 Å². The number of carbonyl (C=O) groups is 1. The van der Waals surface area contributed by atoms with Crippen LogP contribution in [0.4, 0.5) is 5.69 Å². The van der Waals surface area contributed by atoms with E-state index in [0.717, 1.165) is 22.4 Å². The number of benzene rings is 2. The van der Waals surface area contributed by atoms with Gasteiger partial charge >= 0.3 is 0 Å². The van der Waals surface area contributed by atoms with Crippen LogP contribution in [0, 0.1) is 13.8 Å². The lowest BCUT2D eigenvalue weighted by Crippen LogP contribution is -2.28. The van der Waals surface area contributed by atoms with Crippen molar-refractivity contribution in [1.82, 2.24) is 0 Å². The third-order valence-electron chi connectivity index (χ3n) is 3.63. The van der Waals surface area contributed by atoms with Crippen LogP contribution in [0.5, 0.6) is 0 Å². The van der Waals surface area contributed by atoms with Crippen molar-refractivity contribution in [2.45, 2.75) is 13.8 Å². The van der Waals surface area contributed by atoms with Crippen LogP contribution in [-0.4, -0.2) is 10.2 Å². The van der Waals surface area contributed by atoms with Crippen LogP contribution in [0.25, 0.3) is 6.08 Å². The molecule has 0 saturated carbocycles. The number of nitrogens with zero attached hydrogens (tertiary/aromatic N) is 1. The number of rotatable bonds is 2. The summed E-state index contributed by atoms with van der Waals surface area (Å²) in [6, 6.07) is 11.2. The predicted octanol–water partition coefficient (Wildman–Crippen LogP) is 6.02. The van der Waals surface area contributed by atoms with Crippen molar-refractivity contribution < 1.29 is 4.79 Å². The van der Waals surface area contributed by atoms with Gasteiger partial charge in [0.1, 0.15) is 0 Å². The normalized spacial score (nSPS) is 16.3. The van der Waals surface area contributed by atoms with E-state index in [1.54, 1.807) is 23.1 Å². The fourth-order valence-electron chi connectivity index (χ4n) is 2.49. The first-order chi connectivity index (χ1) is 11.4.